The maximum atomic E-state index is 12.6. The third-order valence-corrected chi connectivity index (χ3v) is 5.74. The quantitative estimate of drug-likeness (QED) is 0.350. The summed E-state index contributed by atoms with van der Waals surface area (Å²) in [6.07, 6.45) is 6.85. The van der Waals surface area contributed by atoms with Crippen LogP contribution in [0.2, 0.25) is 0 Å². The van der Waals surface area contributed by atoms with Gasteiger partial charge in [-0.15, -0.1) is 0 Å². The van der Waals surface area contributed by atoms with Gasteiger partial charge in [0.1, 0.15) is 5.78 Å². The number of carbonyl (C=O) groups is 1. The van der Waals surface area contributed by atoms with E-state index in [4.69, 9.17) is 0 Å². The topological polar surface area (TPSA) is 17.1 Å². The molecule has 0 N–H and O–H groups in total. The van der Waals surface area contributed by atoms with Crippen molar-refractivity contribution in [1.82, 2.24) is 0 Å². The van der Waals surface area contributed by atoms with Gasteiger partial charge in [-0.1, -0.05) is 93.4 Å². The van der Waals surface area contributed by atoms with E-state index in [9.17, 15) is 4.79 Å². The van der Waals surface area contributed by atoms with Crippen LogP contribution in [0.15, 0.2) is 66.7 Å². The Morgan fingerprint density at radius 2 is 1.23 bits per heavy atom. The fourth-order valence-corrected chi connectivity index (χ4v) is 4.02. The number of hydrogen-bond donors (Lipinski definition) is 0. The summed E-state index contributed by atoms with van der Waals surface area (Å²) in [5, 5.41) is 0. The molecular weight excluding hydrogens is 364 g/mol. The molecule has 0 aliphatic heterocycles. The molecule has 156 valence electrons. The van der Waals surface area contributed by atoms with Gasteiger partial charge >= 0.3 is 0 Å². The summed E-state index contributed by atoms with van der Waals surface area (Å²) < 4.78 is 0. The molecule has 0 heterocycles. The fourth-order valence-electron chi connectivity index (χ4n) is 4.02. The molecule has 3 rings (SSSR count). The molecule has 1 nitrogen and oxygen atoms in total. The van der Waals surface area contributed by atoms with E-state index >= 15 is 0 Å². The number of rotatable bonds is 10. The van der Waals surface area contributed by atoms with E-state index in [-0.39, 0.29) is 5.78 Å². The third-order valence-electron chi connectivity index (χ3n) is 5.74. The zero-order valence-electron chi connectivity index (χ0n) is 18.7. The van der Waals surface area contributed by atoms with Crippen molar-refractivity contribution in [2.24, 2.45) is 0 Å². The highest BCUT2D eigenvalue weighted by Gasteiger charge is 2.09. The number of unbranched alkanes of at least 4 members (excludes halogenated alkanes) is 1. The Labute approximate surface area is 182 Å². The van der Waals surface area contributed by atoms with Crippen molar-refractivity contribution >= 4 is 5.78 Å². The van der Waals surface area contributed by atoms with Gasteiger partial charge in [-0.05, 0) is 65.1 Å². The summed E-state index contributed by atoms with van der Waals surface area (Å²) in [6, 6.07) is 23.9. The number of aryl methyl sites for hydroxylation is 3. The molecule has 0 aliphatic rings. The van der Waals surface area contributed by atoms with Crippen LogP contribution in [0.3, 0.4) is 0 Å². The Balaban J connectivity index is 1.61. The molecule has 3 aromatic rings. The molecule has 0 aromatic heterocycles. The zero-order chi connectivity index (χ0) is 21.3. The van der Waals surface area contributed by atoms with Gasteiger partial charge in [-0.2, -0.15) is 0 Å². The lowest BCUT2D eigenvalue weighted by Gasteiger charge is -2.10. The van der Waals surface area contributed by atoms with Crippen molar-refractivity contribution < 1.29 is 4.79 Å². The largest absolute Gasteiger partial charge is 0.299 e. The molecule has 0 saturated heterocycles. The van der Waals surface area contributed by atoms with Crippen molar-refractivity contribution in [3.63, 3.8) is 0 Å². The van der Waals surface area contributed by atoms with Gasteiger partial charge in [0, 0.05) is 12.8 Å². The van der Waals surface area contributed by atoms with E-state index in [1.165, 1.54) is 47.1 Å². The summed E-state index contributed by atoms with van der Waals surface area (Å²) in [7, 11) is 0. The molecule has 0 atom stereocenters. The highest BCUT2D eigenvalue weighted by atomic mass is 16.1. The zero-order valence-corrected chi connectivity index (χ0v) is 18.7. The summed E-state index contributed by atoms with van der Waals surface area (Å²) in [5.74, 6) is 0.271. The summed E-state index contributed by atoms with van der Waals surface area (Å²) >= 11 is 0. The second-order valence-corrected chi connectivity index (χ2v) is 8.41. The molecule has 0 spiro atoms. The van der Waals surface area contributed by atoms with Crippen molar-refractivity contribution in [2.75, 3.05) is 0 Å². The molecule has 0 radical (unpaired) electrons. The number of benzene rings is 3. The maximum Gasteiger partial charge on any atom is 0.141 e. The number of carbonyl (C=O) groups excluding carboxylic acids is 1. The SMILES string of the molecule is CCCCc1ccc(CC(=O)Cc2ccc(-c3ccc(CCC)cc3)c(C)c2)cc1. The molecule has 30 heavy (non-hydrogen) atoms. The Kier molecular flexibility index (Phi) is 8.02. The van der Waals surface area contributed by atoms with Gasteiger partial charge in [0.2, 0.25) is 0 Å². The van der Waals surface area contributed by atoms with Gasteiger partial charge in [-0.25, -0.2) is 0 Å². The first kappa shape index (κ1) is 22.0. The number of hydrogen-bond acceptors (Lipinski definition) is 1. The summed E-state index contributed by atoms with van der Waals surface area (Å²) in [6.45, 7) is 6.56. The van der Waals surface area contributed by atoms with E-state index in [1.54, 1.807) is 0 Å². The van der Waals surface area contributed by atoms with Gasteiger partial charge in [0.25, 0.3) is 0 Å². The van der Waals surface area contributed by atoms with E-state index in [0.29, 0.717) is 12.8 Å². The number of ketones is 1. The van der Waals surface area contributed by atoms with Crippen molar-refractivity contribution in [3.05, 3.63) is 94.5 Å². The van der Waals surface area contributed by atoms with E-state index < -0.39 is 0 Å². The predicted molar refractivity (Wildman–Crippen MR) is 128 cm³/mol. The molecule has 3 aromatic carbocycles. The van der Waals surface area contributed by atoms with E-state index in [0.717, 1.165) is 24.0 Å². The van der Waals surface area contributed by atoms with Gasteiger partial charge in [-0.3, -0.25) is 4.79 Å². The Hall–Kier alpha value is -2.67. The lowest BCUT2D eigenvalue weighted by Crippen LogP contribution is -2.07. The van der Waals surface area contributed by atoms with Crippen molar-refractivity contribution in [1.29, 1.82) is 0 Å². The Bertz CT molecular complexity index is 949. The van der Waals surface area contributed by atoms with E-state index in [2.05, 4.69) is 87.5 Å². The molecular formula is C29H34O. The van der Waals surface area contributed by atoms with Crippen LogP contribution in [0.25, 0.3) is 11.1 Å². The molecule has 0 saturated carbocycles. The van der Waals surface area contributed by atoms with Crippen LogP contribution in [0.5, 0.6) is 0 Å². The standard InChI is InChI=1S/C29H34O/c1-4-6-8-24-9-11-25(12-10-24)20-28(30)21-26-15-18-29(22(3)19-26)27-16-13-23(7-5-2)14-17-27/h9-19H,4-8,20-21H2,1-3H3. The van der Waals surface area contributed by atoms with Crippen LogP contribution >= 0.6 is 0 Å². The normalized spacial score (nSPS) is 10.9. The highest BCUT2D eigenvalue weighted by Crippen LogP contribution is 2.25. The molecule has 0 fully saturated rings. The number of Topliss-reactive ketones (excluding diaryl/α,β-unsaturated/α-hetero) is 1. The second kappa shape index (κ2) is 10.9. The van der Waals surface area contributed by atoms with Gasteiger partial charge in [0.15, 0.2) is 0 Å². The Morgan fingerprint density at radius 1 is 0.667 bits per heavy atom. The van der Waals surface area contributed by atoms with Crippen molar-refractivity contribution in [3.8, 4) is 11.1 Å². The highest BCUT2D eigenvalue weighted by molar-refractivity contribution is 5.83. The Morgan fingerprint density at radius 3 is 1.87 bits per heavy atom. The minimum Gasteiger partial charge on any atom is -0.299 e. The minimum atomic E-state index is 0.271. The lowest BCUT2D eigenvalue weighted by atomic mass is 9.94. The predicted octanol–water partition coefficient (Wildman–Crippen LogP) is 7.31. The van der Waals surface area contributed by atoms with E-state index in [1.807, 2.05) is 0 Å². The first-order valence-electron chi connectivity index (χ1n) is 11.4. The van der Waals surface area contributed by atoms with Crippen molar-refractivity contribution in [2.45, 2.75) is 65.7 Å². The van der Waals surface area contributed by atoms with Gasteiger partial charge in [0.05, 0.1) is 0 Å². The fraction of sp³-hybridized carbons (Fsp3) is 0.345. The molecule has 0 aliphatic carbocycles. The summed E-state index contributed by atoms with van der Waals surface area (Å²) in [5.41, 5.74) is 8.68. The average Bonchev–Trinajstić information content (AvgIpc) is 2.74. The van der Waals surface area contributed by atoms with Crippen LogP contribution in [-0.2, 0) is 30.5 Å². The monoisotopic (exact) mass is 398 g/mol. The van der Waals surface area contributed by atoms with Crippen LogP contribution in [-0.4, -0.2) is 5.78 Å². The lowest BCUT2D eigenvalue weighted by molar-refractivity contribution is -0.117. The van der Waals surface area contributed by atoms with Crippen LogP contribution < -0.4 is 0 Å². The first-order valence-corrected chi connectivity index (χ1v) is 11.4. The second-order valence-electron chi connectivity index (χ2n) is 8.41. The molecule has 1 heteroatoms. The third kappa shape index (κ3) is 6.16. The smallest absolute Gasteiger partial charge is 0.141 e. The van der Waals surface area contributed by atoms with Crippen LogP contribution in [0.1, 0.15) is 60.9 Å². The summed E-state index contributed by atoms with van der Waals surface area (Å²) in [4.78, 5) is 12.6. The van der Waals surface area contributed by atoms with Gasteiger partial charge < -0.3 is 0 Å². The average molecular weight is 399 g/mol. The molecule has 0 bridgehead atoms. The van der Waals surface area contributed by atoms with Crippen LogP contribution in [0.4, 0.5) is 0 Å². The molecule has 0 amide bonds. The van der Waals surface area contributed by atoms with Crippen LogP contribution in [0, 0.1) is 6.92 Å². The first-order chi connectivity index (χ1) is 14.6. The minimum absolute atomic E-state index is 0.271. The maximum absolute atomic E-state index is 12.6. The molecule has 0 unspecified atom stereocenters.